The van der Waals surface area contributed by atoms with Gasteiger partial charge in [-0.2, -0.15) is 11.3 Å². The zero-order chi connectivity index (χ0) is 17.6. The summed E-state index contributed by atoms with van der Waals surface area (Å²) in [5.74, 6) is 0. The van der Waals surface area contributed by atoms with Crippen molar-refractivity contribution in [3.63, 3.8) is 0 Å². The third-order valence-electron chi connectivity index (χ3n) is 4.78. The molecule has 2 atom stereocenters. The van der Waals surface area contributed by atoms with Crippen molar-refractivity contribution in [2.45, 2.75) is 44.9 Å². The van der Waals surface area contributed by atoms with E-state index in [4.69, 9.17) is 4.74 Å². The number of thiophene rings is 1. The van der Waals surface area contributed by atoms with Gasteiger partial charge in [-0.15, -0.1) is 0 Å². The van der Waals surface area contributed by atoms with Crippen LogP contribution in [0.4, 0.5) is 10.5 Å². The van der Waals surface area contributed by atoms with E-state index in [0.29, 0.717) is 6.04 Å². The number of fused-ring (bicyclic) bond motifs is 2. The summed E-state index contributed by atoms with van der Waals surface area (Å²) in [6, 6.07) is 4.89. The second-order valence-corrected chi connectivity index (χ2v) is 8.55. The maximum Gasteiger partial charge on any atom is 0.410 e. The number of carbonyl (C=O) groups is 1. The summed E-state index contributed by atoms with van der Waals surface area (Å²) in [5.41, 5.74) is 3.04. The van der Waals surface area contributed by atoms with Crippen LogP contribution in [-0.4, -0.2) is 46.8 Å². The molecule has 0 saturated carbocycles. The summed E-state index contributed by atoms with van der Waals surface area (Å²) >= 11 is 1.69. The molecule has 0 N–H and O–H groups in total. The number of hydrogen-bond acceptors (Lipinski definition) is 5. The van der Waals surface area contributed by atoms with E-state index in [-0.39, 0.29) is 12.1 Å². The van der Waals surface area contributed by atoms with Gasteiger partial charge in [0.25, 0.3) is 0 Å². The summed E-state index contributed by atoms with van der Waals surface area (Å²) in [4.78, 5) is 21.1. The topological polar surface area (TPSA) is 45.7 Å². The predicted molar refractivity (Wildman–Crippen MR) is 100 cm³/mol. The predicted octanol–water partition coefficient (Wildman–Crippen LogP) is 4.01. The van der Waals surface area contributed by atoms with Crippen molar-refractivity contribution < 1.29 is 9.53 Å². The van der Waals surface area contributed by atoms with Crippen molar-refractivity contribution in [2.75, 3.05) is 18.0 Å². The van der Waals surface area contributed by atoms with E-state index in [9.17, 15) is 4.79 Å². The van der Waals surface area contributed by atoms with Crippen molar-refractivity contribution in [3.05, 3.63) is 35.3 Å². The van der Waals surface area contributed by atoms with Gasteiger partial charge in [0.15, 0.2) is 0 Å². The maximum atomic E-state index is 12.4. The molecule has 2 bridgehead atoms. The number of amides is 1. The molecule has 132 valence electrons. The van der Waals surface area contributed by atoms with Crippen LogP contribution in [0.2, 0.25) is 0 Å². The van der Waals surface area contributed by atoms with Gasteiger partial charge in [-0.05, 0) is 55.6 Å². The first kappa shape index (κ1) is 16.4. The number of nitrogens with zero attached hydrogens (tertiary/aromatic N) is 3. The number of aromatic nitrogens is 1. The zero-order valence-electron chi connectivity index (χ0n) is 14.8. The maximum absolute atomic E-state index is 12.4. The molecular formula is C19H23N3O2S. The Labute approximate surface area is 152 Å². The van der Waals surface area contributed by atoms with Gasteiger partial charge in [0.05, 0.1) is 17.9 Å². The minimum absolute atomic E-state index is 0.190. The fraction of sp³-hybridized carbons (Fsp3) is 0.474. The third-order valence-corrected chi connectivity index (χ3v) is 5.46. The van der Waals surface area contributed by atoms with E-state index >= 15 is 0 Å². The fourth-order valence-electron chi connectivity index (χ4n) is 3.70. The van der Waals surface area contributed by atoms with E-state index in [0.717, 1.165) is 30.8 Å². The van der Waals surface area contributed by atoms with Crippen LogP contribution in [-0.2, 0) is 4.74 Å². The lowest BCUT2D eigenvalue weighted by Gasteiger charge is -2.36. The molecule has 5 nitrogen and oxygen atoms in total. The average molecular weight is 357 g/mol. The zero-order valence-corrected chi connectivity index (χ0v) is 15.6. The quantitative estimate of drug-likeness (QED) is 0.815. The Morgan fingerprint density at radius 3 is 2.72 bits per heavy atom. The van der Waals surface area contributed by atoms with Crippen LogP contribution in [0.3, 0.4) is 0 Å². The second kappa shape index (κ2) is 6.02. The summed E-state index contributed by atoms with van der Waals surface area (Å²) in [7, 11) is 0. The van der Waals surface area contributed by atoms with E-state index in [1.54, 1.807) is 11.3 Å². The smallest absolute Gasteiger partial charge is 0.410 e. The summed E-state index contributed by atoms with van der Waals surface area (Å²) in [5, 5.41) is 4.22. The van der Waals surface area contributed by atoms with Gasteiger partial charge in [-0.3, -0.25) is 4.98 Å². The monoisotopic (exact) mass is 357 g/mol. The van der Waals surface area contributed by atoms with Crippen LogP contribution in [0.25, 0.3) is 11.1 Å². The molecule has 0 spiro atoms. The Bertz CT molecular complexity index is 769. The number of likely N-dealkylation sites (tertiary alicyclic amines) is 1. The van der Waals surface area contributed by atoms with Gasteiger partial charge >= 0.3 is 6.09 Å². The van der Waals surface area contributed by atoms with E-state index < -0.39 is 5.60 Å². The lowest BCUT2D eigenvalue weighted by Crippen LogP contribution is -2.50. The molecule has 0 aromatic carbocycles. The first-order valence-corrected chi connectivity index (χ1v) is 9.59. The molecule has 2 aromatic rings. The van der Waals surface area contributed by atoms with E-state index in [2.05, 4.69) is 32.8 Å². The normalized spacial score (nSPS) is 22.5. The highest BCUT2D eigenvalue weighted by Crippen LogP contribution is 2.36. The summed E-state index contributed by atoms with van der Waals surface area (Å²) < 4.78 is 5.54. The number of carbonyl (C=O) groups excluding carboxylic acids is 1. The standard InChI is InChI=1S/C19H23N3O2S/c1-19(2,3)24-18(23)22-11-16-7-17(22)10-21(16)15-6-14(8-20-9-15)13-4-5-25-12-13/h4-6,8-9,12,16-17H,7,10-11H2,1-3H3/t16-,17-/m0/s1. The van der Waals surface area contributed by atoms with Crippen molar-refractivity contribution in [2.24, 2.45) is 0 Å². The summed E-state index contributed by atoms with van der Waals surface area (Å²) in [6.45, 7) is 7.30. The van der Waals surface area contributed by atoms with E-state index in [1.165, 1.54) is 5.56 Å². The number of rotatable bonds is 2. The third kappa shape index (κ3) is 3.23. The molecule has 2 aliphatic heterocycles. The first-order valence-electron chi connectivity index (χ1n) is 8.64. The van der Waals surface area contributed by atoms with Crippen LogP contribution < -0.4 is 4.90 Å². The Morgan fingerprint density at radius 1 is 1.24 bits per heavy atom. The molecule has 2 aromatic heterocycles. The number of piperazine rings is 1. The van der Waals surface area contributed by atoms with Crippen molar-refractivity contribution >= 4 is 23.1 Å². The fourth-order valence-corrected chi connectivity index (χ4v) is 4.36. The van der Waals surface area contributed by atoms with E-state index in [1.807, 2.05) is 38.1 Å². The molecule has 4 heterocycles. The first-order chi connectivity index (χ1) is 11.9. The summed E-state index contributed by atoms with van der Waals surface area (Å²) in [6.07, 6.45) is 4.65. The largest absolute Gasteiger partial charge is 0.444 e. The highest BCUT2D eigenvalue weighted by Gasteiger charge is 2.46. The molecule has 2 fully saturated rings. The molecular weight excluding hydrogens is 334 g/mol. The molecule has 25 heavy (non-hydrogen) atoms. The lowest BCUT2D eigenvalue weighted by atomic mass is 10.1. The Balaban J connectivity index is 1.48. The van der Waals surface area contributed by atoms with Crippen LogP contribution in [0, 0.1) is 0 Å². The Kier molecular flexibility index (Phi) is 3.95. The average Bonchev–Trinajstić information content (AvgIpc) is 3.29. The van der Waals surface area contributed by atoms with Crippen LogP contribution in [0.1, 0.15) is 27.2 Å². The van der Waals surface area contributed by atoms with Gasteiger partial charge in [0, 0.05) is 30.9 Å². The molecule has 1 amide bonds. The van der Waals surface area contributed by atoms with Gasteiger partial charge in [0.1, 0.15) is 5.60 Å². The van der Waals surface area contributed by atoms with Crippen molar-refractivity contribution in [1.82, 2.24) is 9.88 Å². The number of hydrogen-bond donors (Lipinski definition) is 0. The number of ether oxygens (including phenoxy) is 1. The molecule has 2 aliphatic rings. The number of anilines is 1. The minimum Gasteiger partial charge on any atom is -0.444 e. The Morgan fingerprint density at radius 2 is 2.08 bits per heavy atom. The molecule has 0 unspecified atom stereocenters. The SMILES string of the molecule is CC(C)(C)OC(=O)N1C[C@@H]2C[C@H]1CN2c1cncc(-c2ccsc2)c1. The van der Waals surface area contributed by atoms with Crippen molar-refractivity contribution in [1.29, 1.82) is 0 Å². The highest BCUT2D eigenvalue weighted by atomic mass is 32.1. The lowest BCUT2D eigenvalue weighted by molar-refractivity contribution is 0.0215. The van der Waals surface area contributed by atoms with Gasteiger partial charge in [-0.25, -0.2) is 4.79 Å². The highest BCUT2D eigenvalue weighted by molar-refractivity contribution is 7.08. The molecule has 2 saturated heterocycles. The van der Waals surface area contributed by atoms with Crippen molar-refractivity contribution in [3.8, 4) is 11.1 Å². The Hall–Kier alpha value is -2.08. The van der Waals surface area contributed by atoms with Gasteiger partial charge < -0.3 is 14.5 Å². The number of pyridine rings is 1. The minimum atomic E-state index is -0.447. The van der Waals surface area contributed by atoms with Crippen LogP contribution in [0.15, 0.2) is 35.3 Å². The van der Waals surface area contributed by atoms with Crippen LogP contribution in [0.5, 0.6) is 0 Å². The van der Waals surface area contributed by atoms with Crippen LogP contribution >= 0.6 is 11.3 Å². The molecule has 6 heteroatoms. The second-order valence-electron chi connectivity index (χ2n) is 7.77. The van der Waals surface area contributed by atoms with Gasteiger partial charge in [0.2, 0.25) is 0 Å². The van der Waals surface area contributed by atoms with Gasteiger partial charge in [-0.1, -0.05) is 0 Å². The molecule has 0 aliphatic carbocycles. The molecule has 4 rings (SSSR count). The molecule has 0 radical (unpaired) electrons.